The van der Waals surface area contributed by atoms with E-state index in [9.17, 15) is 9.90 Å². The van der Waals surface area contributed by atoms with Crippen LogP contribution in [0.1, 0.15) is 39.7 Å². The van der Waals surface area contributed by atoms with Gasteiger partial charge < -0.3 is 15.3 Å². The molecule has 0 unspecified atom stereocenters. The highest BCUT2D eigenvalue weighted by atomic mass is 16.3. The molecular weight excluding hydrogens is 264 g/mol. The Morgan fingerprint density at radius 2 is 1.76 bits per heavy atom. The van der Waals surface area contributed by atoms with E-state index in [2.05, 4.69) is 19.2 Å². The number of nitrogens with one attached hydrogen (secondary N) is 2. The fraction of sp³-hybridized carbons (Fsp3) is 0.588. The molecule has 1 aromatic carbocycles. The molecule has 0 saturated carbocycles. The Kier molecular flexibility index (Phi) is 6.69. The van der Waals surface area contributed by atoms with Crippen LogP contribution in [0.2, 0.25) is 0 Å². The lowest BCUT2D eigenvalue weighted by atomic mass is 9.94. The van der Waals surface area contributed by atoms with Crippen LogP contribution in [0.5, 0.6) is 5.75 Å². The molecule has 0 heterocycles. The topological polar surface area (TPSA) is 53.8 Å². The van der Waals surface area contributed by atoms with Crippen LogP contribution < -0.4 is 10.2 Å². The van der Waals surface area contributed by atoms with Crippen molar-refractivity contribution in [3.8, 4) is 5.75 Å². The Bertz CT molecular complexity index is 437. The highest BCUT2D eigenvalue weighted by Gasteiger charge is 2.21. The van der Waals surface area contributed by atoms with Crippen LogP contribution in [0.25, 0.3) is 0 Å². The standard InChI is InChI=1S/C17H28N2O2/c1-5-19(6-2)12-11-16(21)18-17(3,4)13-14-7-9-15(20)10-8-14/h7-10,20H,5-6,11-13H2,1-4H3,(H,18,21)/p+1. The van der Waals surface area contributed by atoms with Gasteiger partial charge in [-0.25, -0.2) is 0 Å². The Labute approximate surface area is 128 Å². The van der Waals surface area contributed by atoms with Crippen molar-refractivity contribution in [1.29, 1.82) is 0 Å². The second-order valence-corrected chi connectivity index (χ2v) is 6.23. The number of quaternary nitrogens is 1. The molecule has 1 amide bonds. The summed E-state index contributed by atoms with van der Waals surface area (Å²) in [6.45, 7) is 11.3. The van der Waals surface area contributed by atoms with Crippen LogP contribution in [0.4, 0.5) is 0 Å². The molecule has 21 heavy (non-hydrogen) atoms. The zero-order valence-corrected chi connectivity index (χ0v) is 13.7. The lowest BCUT2D eigenvalue weighted by Crippen LogP contribution is -3.11. The number of phenols is 1. The normalized spacial score (nSPS) is 11.7. The van der Waals surface area contributed by atoms with Gasteiger partial charge in [-0.2, -0.15) is 0 Å². The second kappa shape index (κ2) is 8.03. The smallest absolute Gasteiger partial charge is 0.226 e. The van der Waals surface area contributed by atoms with E-state index in [0.29, 0.717) is 6.42 Å². The van der Waals surface area contributed by atoms with E-state index in [-0.39, 0.29) is 17.2 Å². The van der Waals surface area contributed by atoms with Gasteiger partial charge in [0.15, 0.2) is 0 Å². The van der Waals surface area contributed by atoms with Crippen molar-refractivity contribution in [2.24, 2.45) is 0 Å². The van der Waals surface area contributed by atoms with Gasteiger partial charge in [-0.1, -0.05) is 12.1 Å². The van der Waals surface area contributed by atoms with E-state index >= 15 is 0 Å². The van der Waals surface area contributed by atoms with E-state index in [1.165, 1.54) is 4.90 Å². The molecule has 0 aromatic heterocycles. The molecule has 4 nitrogen and oxygen atoms in total. The van der Waals surface area contributed by atoms with Crippen LogP contribution in [0.15, 0.2) is 24.3 Å². The fourth-order valence-electron chi connectivity index (χ4n) is 2.50. The van der Waals surface area contributed by atoms with Gasteiger partial charge in [0.1, 0.15) is 5.75 Å². The van der Waals surface area contributed by atoms with Crippen LogP contribution in [-0.4, -0.2) is 36.2 Å². The van der Waals surface area contributed by atoms with Gasteiger partial charge >= 0.3 is 0 Å². The number of amides is 1. The fourth-order valence-corrected chi connectivity index (χ4v) is 2.50. The monoisotopic (exact) mass is 293 g/mol. The summed E-state index contributed by atoms with van der Waals surface area (Å²) in [7, 11) is 0. The number of phenolic OH excluding ortho intramolecular Hbond substituents is 1. The summed E-state index contributed by atoms with van der Waals surface area (Å²) in [6.07, 6.45) is 1.31. The zero-order chi connectivity index (χ0) is 15.9. The van der Waals surface area contributed by atoms with Crippen molar-refractivity contribution in [3.05, 3.63) is 29.8 Å². The SMILES string of the molecule is CC[NH+](CC)CCC(=O)NC(C)(C)Cc1ccc(O)cc1. The third-order valence-electron chi connectivity index (χ3n) is 3.77. The van der Waals surface area contributed by atoms with Crippen molar-refractivity contribution in [2.75, 3.05) is 19.6 Å². The molecule has 0 atom stereocenters. The van der Waals surface area contributed by atoms with Crippen molar-refractivity contribution >= 4 is 5.91 Å². The molecule has 3 N–H and O–H groups in total. The number of carbonyl (C=O) groups excluding carboxylic acids is 1. The van der Waals surface area contributed by atoms with Crippen LogP contribution in [0.3, 0.4) is 0 Å². The lowest BCUT2D eigenvalue weighted by Gasteiger charge is -2.27. The maximum absolute atomic E-state index is 12.1. The zero-order valence-electron chi connectivity index (χ0n) is 13.7. The quantitative estimate of drug-likeness (QED) is 0.673. The van der Waals surface area contributed by atoms with Gasteiger partial charge in [-0.05, 0) is 51.8 Å². The highest BCUT2D eigenvalue weighted by molar-refractivity contribution is 5.76. The van der Waals surface area contributed by atoms with Crippen molar-refractivity contribution in [2.45, 2.75) is 46.1 Å². The average molecular weight is 293 g/mol. The van der Waals surface area contributed by atoms with Crippen molar-refractivity contribution < 1.29 is 14.8 Å². The number of benzene rings is 1. The first-order valence-electron chi connectivity index (χ1n) is 7.78. The van der Waals surface area contributed by atoms with E-state index in [4.69, 9.17) is 0 Å². The largest absolute Gasteiger partial charge is 0.508 e. The molecule has 0 aliphatic carbocycles. The van der Waals surface area contributed by atoms with Gasteiger partial charge in [0.25, 0.3) is 0 Å². The molecule has 0 radical (unpaired) electrons. The molecule has 0 bridgehead atoms. The van der Waals surface area contributed by atoms with Gasteiger partial charge in [-0.3, -0.25) is 4.79 Å². The summed E-state index contributed by atoms with van der Waals surface area (Å²) in [6, 6.07) is 7.14. The van der Waals surface area contributed by atoms with Gasteiger partial charge in [0.2, 0.25) is 5.91 Å². The Morgan fingerprint density at radius 1 is 1.19 bits per heavy atom. The minimum Gasteiger partial charge on any atom is -0.508 e. The Morgan fingerprint density at radius 3 is 2.29 bits per heavy atom. The van der Waals surface area contributed by atoms with Gasteiger partial charge in [0, 0.05) is 5.54 Å². The van der Waals surface area contributed by atoms with E-state index in [1.807, 2.05) is 26.0 Å². The molecule has 0 saturated heterocycles. The summed E-state index contributed by atoms with van der Waals surface area (Å²) in [5.74, 6) is 0.376. The number of hydrogen-bond donors (Lipinski definition) is 3. The third-order valence-corrected chi connectivity index (χ3v) is 3.77. The highest BCUT2D eigenvalue weighted by Crippen LogP contribution is 2.16. The molecule has 0 fully saturated rings. The van der Waals surface area contributed by atoms with Gasteiger partial charge in [-0.15, -0.1) is 0 Å². The number of carbonyl (C=O) groups is 1. The van der Waals surface area contributed by atoms with Crippen LogP contribution in [-0.2, 0) is 11.2 Å². The molecule has 0 aliphatic heterocycles. The van der Waals surface area contributed by atoms with E-state index in [0.717, 1.165) is 31.6 Å². The first kappa shape index (κ1) is 17.5. The molecule has 1 rings (SSSR count). The first-order valence-corrected chi connectivity index (χ1v) is 7.78. The summed E-state index contributed by atoms with van der Waals surface area (Å²) in [4.78, 5) is 13.5. The van der Waals surface area contributed by atoms with Crippen molar-refractivity contribution in [3.63, 3.8) is 0 Å². The number of rotatable bonds is 8. The molecule has 1 aromatic rings. The average Bonchev–Trinajstić information content (AvgIpc) is 2.41. The van der Waals surface area contributed by atoms with Crippen LogP contribution in [0, 0.1) is 0 Å². The van der Waals surface area contributed by atoms with Gasteiger partial charge in [0.05, 0.1) is 26.1 Å². The summed E-state index contributed by atoms with van der Waals surface area (Å²) in [5, 5.41) is 12.4. The third kappa shape index (κ3) is 6.63. The summed E-state index contributed by atoms with van der Waals surface area (Å²) < 4.78 is 0. The molecule has 0 spiro atoms. The van der Waals surface area contributed by atoms with Crippen LogP contribution >= 0.6 is 0 Å². The number of aromatic hydroxyl groups is 1. The predicted octanol–water partition coefficient (Wildman–Crippen LogP) is 1.14. The van der Waals surface area contributed by atoms with Crippen molar-refractivity contribution in [1.82, 2.24) is 5.32 Å². The maximum Gasteiger partial charge on any atom is 0.226 e. The Balaban J connectivity index is 2.47. The van der Waals surface area contributed by atoms with E-state index < -0.39 is 0 Å². The Hall–Kier alpha value is -1.55. The minimum absolute atomic E-state index is 0.109. The number of hydrogen-bond acceptors (Lipinski definition) is 2. The molecular formula is C17H29N2O2+. The predicted molar refractivity (Wildman–Crippen MR) is 85.6 cm³/mol. The minimum atomic E-state index is -0.285. The molecule has 4 heteroatoms. The first-order chi connectivity index (χ1) is 9.86. The summed E-state index contributed by atoms with van der Waals surface area (Å²) in [5.41, 5.74) is 0.819. The lowest BCUT2D eigenvalue weighted by molar-refractivity contribution is -0.895. The molecule has 118 valence electrons. The maximum atomic E-state index is 12.1. The second-order valence-electron chi connectivity index (χ2n) is 6.23. The molecule has 0 aliphatic rings. The van der Waals surface area contributed by atoms with E-state index in [1.54, 1.807) is 12.1 Å². The summed E-state index contributed by atoms with van der Waals surface area (Å²) >= 11 is 0.